The summed E-state index contributed by atoms with van der Waals surface area (Å²) in [7, 11) is 0. The lowest BCUT2D eigenvalue weighted by Gasteiger charge is -2.17. The molecule has 0 amide bonds. The molecule has 0 aliphatic heterocycles. The SMILES string of the molecule is CCc1nc2c(c(=O)n1[C@@H](C)CC)c1nc3ccccc3nc1n2-c1ccccc1. The second kappa shape index (κ2) is 7.06. The van der Waals surface area contributed by atoms with Crippen LogP contribution in [0.1, 0.15) is 39.1 Å². The van der Waals surface area contributed by atoms with Crippen LogP contribution < -0.4 is 5.56 Å². The van der Waals surface area contributed by atoms with Gasteiger partial charge in [0.25, 0.3) is 5.56 Å². The quantitative estimate of drug-likeness (QED) is 0.436. The average Bonchev–Trinajstić information content (AvgIpc) is 3.10. The van der Waals surface area contributed by atoms with Crippen LogP contribution in [0.25, 0.3) is 38.9 Å². The first-order valence-corrected chi connectivity index (χ1v) is 10.4. The van der Waals surface area contributed by atoms with Crippen LogP contribution in [0.5, 0.6) is 0 Å². The molecule has 6 heteroatoms. The molecule has 0 fully saturated rings. The van der Waals surface area contributed by atoms with Gasteiger partial charge in [-0.2, -0.15) is 0 Å². The van der Waals surface area contributed by atoms with Crippen molar-refractivity contribution in [1.82, 2.24) is 24.1 Å². The van der Waals surface area contributed by atoms with E-state index in [2.05, 4.69) is 13.8 Å². The maximum absolute atomic E-state index is 13.7. The fraction of sp³-hybridized carbons (Fsp3) is 0.250. The molecular weight excluding hydrogens is 374 g/mol. The zero-order valence-electron chi connectivity index (χ0n) is 17.3. The molecule has 0 saturated heterocycles. The Morgan fingerprint density at radius 3 is 2.20 bits per heavy atom. The summed E-state index contributed by atoms with van der Waals surface area (Å²) in [5.41, 5.74) is 4.31. The summed E-state index contributed by atoms with van der Waals surface area (Å²) in [6.45, 7) is 6.18. The Morgan fingerprint density at radius 1 is 0.867 bits per heavy atom. The van der Waals surface area contributed by atoms with Crippen molar-refractivity contribution in [2.24, 2.45) is 0 Å². The third-order valence-corrected chi connectivity index (χ3v) is 5.74. The largest absolute Gasteiger partial charge is 0.293 e. The van der Waals surface area contributed by atoms with Crippen LogP contribution >= 0.6 is 0 Å². The summed E-state index contributed by atoms with van der Waals surface area (Å²) in [5.74, 6) is 0.784. The molecule has 1 atom stereocenters. The van der Waals surface area contributed by atoms with E-state index in [4.69, 9.17) is 15.0 Å². The maximum atomic E-state index is 13.7. The van der Waals surface area contributed by atoms with Crippen LogP contribution in [0.4, 0.5) is 0 Å². The number of fused-ring (bicyclic) bond motifs is 4. The highest BCUT2D eigenvalue weighted by atomic mass is 16.1. The van der Waals surface area contributed by atoms with Gasteiger partial charge in [-0.3, -0.25) is 13.9 Å². The molecule has 5 aromatic rings. The minimum atomic E-state index is -0.0459. The van der Waals surface area contributed by atoms with Crippen LogP contribution in [-0.4, -0.2) is 24.1 Å². The summed E-state index contributed by atoms with van der Waals surface area (Å²) in [4.78, 5) is 28.5. The number of para-hydroxylation sites is 3. The second-order valence-corrected chi connectivity index (χ2v) is 7.57. The lowest BCUT2D eigenvalue weighted by Crippen LogP contribution is -2.27. The maximum Gasteiger partial charge on any atom is 0.265 e. The van der Waals surface area contributed by atoms with Crippen LogP contribution in [-0.2, 0) is 6.42 Å². The number of nitrogens with zero attached hydrogens (tertiary/aromatic N) is 5. The Balaban J connectivity index is 2.04. The highest BCUT2D eigenvalue weighted by Gasteiger charge is 2.23. The van der Waals surface area contributed by atoms with E-state index in [-0.39, 0.29) is 11.6 Å². The van der Waals surface area contributed by atoms with E-state index in [1.807, 2.05) is 70.7 Å². The average molecular weight is 397 g/mol. The van der Waals surface area contributed by atoms with E-state index >= 15 is 0 Å². The van der Waals surface area contributed by atoms with Crippen molar-refractivity contribution in [2.45, 2.75) is 39.7 Å². The van der Waals surface area contributed by atoms with Gasteiger partial charge in [0.2, 0.25) is 0 Å². The van der Waals surface area contributed by atoms with E-state index < -0.39 is 0 Å². The molecule has 0 N–H and O–H groups in total. The number of aryl methyl sites for hydroxylation is 1. The minimum absolute atomic E-state index is 0.0459. The Bertz CT molecular complexity index is 1450. The summed E-state index contributed by atoms with van der Waals surface area (Å²) in [6, 6.07) is 17.7. The van der Waals surface area contributed by atoms with Gasteiger partial charge in [0.1, 0.15) is 16.7 Å². The van der Waals surface area contributed by atoms with Crippen LogP contribution in [0.2, 0.25) is 0 Å². The van der Waals surface area contributed by atoms with Gasteiger partial charge in [-0.1, -0.05) is 44.2 Å². The van der Waals surface area contributed by atoms with Gasteiger partial charge >= 0.3 is 0 Å². The first-order chi connectivity index (χ1) is 14.6. The van der Waals surface area contributed by atoms with Crippen molar-refractivity contribution in [3.8, 4) is 5.69 Å². The predicted octanol–water partition coefficient (Wildman–Crippen LogP) is 4.82. The third-order valence-electron chi connectivity index (χ3n) is 5.74. The van der Waals surface area contributed by atoms with Gasteiger partial charge in [0, 0.05) is 18.2 Å². The van der Waals surface area contributed by atoms with Crippen molar-refractivity contribution in [1.29, 1.82) is 0 Å². The topological polar surface area (TPSA) is 65.6 Å². The van der Waals surface area contributed by atoms with Crippen LogP contribution in [0.3, 0.4) is 0 Å². The number of hydrogen-bond donors (Lipinski definition) is 0. The van der Waals surface area contributed by atoms with E-state index in [0.717, 1.165) is 29.0 Å². The van der Waals surface area contributed by atoms with Gasteiger partial charge in [-0.25, -0.2) is 15.0 Å². The lowest BCUT2D eigenvalue weighted by atomic mass is 10.2. The van der Waals surface area contributed by atoms with Crippen LogP contribution in [0.15, 0.2) is 59.4 Å². The summed E-state index contributed by atoms with van der Waals surface area (Å²) in [5, 5.41) is 0.532. The summed E-state index contributed by atoms with van der Waals surface area (Å²) >= 11 is 0. The molecule has 3 aromatic heterocycles. The van der Waals surface area contributed by atoms with Crippen molar-refractivity contribution >= 4 is 33.2 Å². The van der Waals surface area contributed by atoms with Crippen molar-refractivity contribution in [3.05, 3.63) is 70.8 Å². The molecule has 0 aliphatic rings. The Morgan fingerprint density at radius 2 is 1.53 bits per heavy atom. The second-order valence-electron chi connectivity index (χ2n) is 7.57. The normalized spacial score (nSPS) is 12.8. The third kappa shape index (κ3) is 2.64. The number of aromatic nitrogens is 5. The molecule has 3 heterocycles. The molecule has 5 rings (SSSR count). The molecule has 30 heavy (non-hydrogen) atoms. The van der Waals surface area contributed by atoms with Crippen molar-refractivity contribution in [2.75, 3.05) is 0 Å². The van der Waals surface area contributed by atoms with Gasteiger partial charge < -0.3 is 0 Å². The Labute approximate surface area is 173 Å². The Kier molecular flexibility index (Phi) is 4.35. The fourth-order valence-corrected chi connectivity index (χ4v) is 4.06. The molecule has 0 spiro atoms. The van der Waals surface area contributed by atoms with E-state index in [1.165, 1.54) is 0 Å². The van der Waals surface area contributed by atoms with E-state index in [0.29, 0.717) is 28.6 Å². The molecule has 0 radical (unpaired) electrons. The smallest absolute Gasteiger partial charge is 0.265 e. The molecule has 150 valence electrons. The van der Waals surface area contributed by atoms with E-state index in [1.54, 1.807) is 0 Å². The monoisotopic (exact) mass is 397 g/mol. The van der Waals surface area contributed by atoms with Gasteiger partial charge in [0.05, 0.1) is 11.0 Å². The summed E-state index contributed by atoms with van der Waals surface area (Å²) < 4.78 is 3.79. The Hall–Kier alpha value is -3.54. The first-order valence-electron chi connectivity index (χ1n) is 10.4. The van der Waals surface area contributed by atoms with Gasteiger partial charge in [-0.05, 0) is 37.6 Å². The highest BCUT2D eigenvalue weighted by molar-refractivity contribution is 6.05. The molecule has 6 nitrogen and oxygen atoms in total. The standard InChI is InChI=1S/C24H23N5O/c1-4-15(3)28-19(5-2)27-22-20(24(28)30)21-23(29(22)16-11-7-6-8-12-16)26-18-14-10-9-13-17(18)25-21/h6-15H,4-5H2,1-3H3/t15-/m0/s1. The predicted molar refractivity (Wildman–Crippen MR) is 120 cm³/mol. The fourth-order valence-electron chi connectivity index (χ4n) is 4.06. The van der Waals surface area contributed by atoms with Crippen molar-refractivity contribution < 1.29 is 0 Å². The number of rotatable bonds is 4. The van der Waals surface area contributed by atoms with Crippen LogP contribution in [0, 0.1) is 0 Å². The number of hydrogen-bond acceptors (Lipinski definition) is 4. The van der Waals surface area contributed by atoms with Gasteiger partial charge in [-0.15, -0.1) is 0 Å². The molecule has 0 unspecified atom stereocenters. The summed E-state index contributed by atoms with van der Waals surface area (Å²) in [6.07, 6.45) is 1.53. The minimum Gasteiger partial charge on any atom is -0.293 e. The zero-order valence-corrected chi connectivity index (χ0v) is 17.3. The lowest BCUT2D eigenvalue weighted by molar-refractivity contribution is 0.489. The number of benzene rings is 2. The molecule has 0 aliphatic carbocycles. The molecule has 2 aromatic carbocycles. The van der Waals surface area contributed by atoms with E-state index in [9.17, 15) is 4.79 Å². The first kappa shape index (κ1) is 18.5. The zero-order chi connectivity index (χ0) is 20.8. The highest BCUT2D eigenvalue weighted by Crippen LogP contribution is 2.29. The molecular formula is C24H23N5O. The molecule has 0 saturated carbocycles. The molecule has 0 bridgehead atoms. The van der Waals surface area contributed by atoms with Crippen molar-refractivity contribution in [3.63, 3.8) is 0 Å². The van der Waals surface area contributed by atoms with Gasteiger partial charge in [0.15, 0.2) is 11.3 Å².